The normalized spacial score (nSPS) is 23.0. The van der Waals surface area contributed by atoms with Crippen molar-refractivity contribution < 1.29 is 18.0 Å². The summed E-state index contributed by atoms with van der Waals surface area (Å²) in [5.41, 5.74) is 0.545. The Balaban J connectivity index is 1.63. The highest BCUT2D eigenvalue weighted by molar-refractivity contribution is 7.89. The van der Waals surface area contributed by atoms with Crippen LogP contribution in [0, 0.1) is 5.92 Å². The molecule has 0 aliphatic carbocycles. The molecule has 2 unspecified atom stereocenters. The molecule has 2 amide bonds. The van der Waals surface area contributed by atoms with Crippen LogP contribution in [-0.2, 0) is 19.6 Å². The summed E-state index contributed by atoms with van der Waals surface area (Å²) in [6.07, 6.45) is 5.84. The predicted molar refractivity (Wildman–Crippen MR) is 116 cm³/mol. The van der Waals surface area contributed by atoms with E-state index in [9.17, 15) is 18.0 Å². The fourth-order valence-corrected chi connectivity index (χ4v) is 6.07. The lowest BCUT2D eigenvalue weighted by molar-refractivity contribution is -0.128. The van der Waals surface area contributed by atoms with Crippen LogP contribution in [0.4, 0.5) is 5.69 Å². The summed E-state index contributed by atoms with van der Waals surface area (Å²) in [6.45, 7) is 5.80. The van der Waals surface area contributed by atoms with Crippen molar-refractivity contribution in [2.75, 3.05) is 25.0 Å². The van der Waals surface area contributed by atoms with Gasteiger partial charge in [-0.1, -0.05) is 26.7 Å². The van der Waals surface area contributed by atoms with Gasteiger partial charge in [0.25, 0.3) is 0 Å². The first-order chi connectivity index (χ1) is 14.4. The van der Waals surface area contributed by atoms with E-state index in [-0.39, 0.29) is 35.1 Å². The minimum atomic E-state index is -3.54. The first-order valence-corrected chi connectivity index (χ1v) is 12.5. The van der Waals surface area contributed by atoms with Gasteiger partial charge < -0.3 is 10.2 Å². The maximum Gasteiger partial charge on any atom is 0.243 e. The maximum absolute atomic E-state index is 13.1. The molecular weight excluding hydrogens is 402 g/mol. The number of hydrogen-bond donors (Lipinski definition) is 1. The summed E-state index contributed by atoms with van der Waals surface area (Å²) in [4.78, 5) is 26.7. The van der Waals surface area contributed by atoms with Crippen LogP contribution in [0.5, 0.6) is 0 Å². The minimum Gasteiger partial charge on any atom is -0.342 e. The molecule has 1 N–H and O–H groups in total. The third-order valence-corrected chi connectivity index (χ3v) is 8.11. The SMILES string of the molecule is CCCCN1CC(C(=O)Nc2ccc(S(=O)(=O)N3CCCCC3CC)cc2)CC1=O. The average Bonchev–Trinajstić information content (AvgIpc) is 3.13. The molecule has 2 aliphatic rings. The first kappa shape index (κ1) is 22.7. The summed E-state index contributed by atoms with van der Waals surface area (Å²) in [6, 6.07) is 6.42. The van der Waals surface area contributed by atoms with Crippen LogP contribution in [0.2, 0.25) is 0 Å². The van der Waals surface area contributed by atoms with Crippen molar-refractivity contribution in [3.05, 3.63) is 24.3 Å². The minimum absolute atomic E-state index is 0.0250. The zero-order valence-corrected chi connectivity index (χ0v) is 18.8. The number of carbonyl (C=O) groups excluding carboxylic acids is 2. The van der Waals surface area contributed by atoms with Gasteiger partial charge in [0.15, 0.2) is 0 Å². The number of benzene rings is 1. The summed E-state index contributed by atoms with van der Waals surface area (Å²) in [7, 11) is -3.54. The number of anilines is 1. The lowest BCUT2D eigenvalue weighted by Crippen LogP contribution is -2.43. The second kappa shape index (κ2) is 9.92. The van der Waals surface area contributed by atoms with Crippen molar-refractivity contribution >= 4 is 27.5 Å². The van der Waals surface area contributed by atoms with E-state index in [1.807, 2.05) is 6.92 Å². The van der Waals surface area contributed by atoms with Crippen molar-refractivity contribution in [1.82, 2.24) is 9.21 Å². The molecule has 0 saturated carbocycles. The first-order valence-electron chi connectivity index (χ1n) is 11.1. The standard InChI is InChI=1S/C22H33N3O4S/c1-3-5-13-24-16-17(15-21(24)26)22(27)23-18-9-11-20(12-10-18)30(28,29)25-14-7-6-8-19(25)4-2/h9-12,17,19H,3-8,13-16H2,1-2H3,(H,23,27). The van der Waals surface area contributed by atoms with E-state index in [4.69, 9.17) is 0 Å². The van der Waals surface area contributed by atoms with Crippen molar-refractivity contribution in [1.29, 1.82) is 0 Å². The van der Waals surface area contributed by atoms with E-state index in [2.05, 4.69) is 12.2 Å². The summed E-state index contributed by atoms with van der Waals surface area (Å²) < 4.78 is 27.7. The number of rotatable bonds is 8. The predicted octanol–water partition coefficient (Wildman–Crippen LogP) is 3.23. The zero-order chi connectivity index (χ0) is 21.7. The van der Waals surface area contributed by atoms with E-state index < -0.39 is 10.0 Å². The molecule has 166 valence electrons. The van der Waals surface area contributed by atoms with Gasteiger partial charge in [-0.05, 0) is 49.9 Å². The largest absolute Gasteiger partial charge is 0.342 e. The molecule has 30 heavy (non-hydrogen) atoms. The smallest absolute Gasteiger partial charge is 0.243 e. The third-order valence-electron chi connectivity index (χ3n) is 6.14. The van der Waals surface area contributed by atoms with E-state index >= 15 is 0 Å². The van der Waals surface area contributed by atoms with Gasteiger partial charge in [0.2, 0.25) is 21.8 Å². The Morgan fingerprint density at radius 3 is 2.57 bits per heavy atom. The van der Waals surface area contributed by atoms with Gasteiger partial charge in [-0.15, -0.1) is 0 Å². The highest BCUT2D eigenvalue weighted by atomic mass is 32.2. The Morgan fingerprint density at radius 2 is 1.90 bits per heavy atom. The van der Waals surface area contributed by atoms with Gasteiger partial charge in [0.1, 0.15) is 0 Å². The Hall–Kier alpha value is -1.93. The molecule has 3 rings (SSSR count). The van der Waals surface area contributed by atoms with E-state index in [1.165, 1.54) is 0 Å². The molecule has 0 aromatic heterocycles. The Bertz CT molecular complexity index is 854. The number of unbranched alkanes of at least 4 members (excludes halogenated alkanes) is 1. The number of nitrogens with zero attached hydrogens (tertiary/aromatic N) is 2. The molecule has 2 heterocycles. The molecular formula is C22H33N3O4S. The lowest BCUT2D eigenvalue weighted by Gasteiger charge is -2.34. The highest BCUT2D eigenvalue weighted by Crippen LogP contribution is 2.28. The van der Waals surface area contributed by atoms with Crippen molar-refractivity contribution in [2.45, 2.75) is 69.7 Å². The quantitative estimate of drug-likeness (QED) is 0.679. The van der Waals surface area contributed by atoms with Crippen molar-refractivity contribution in [2.24, 2.45) is 5.92 Å². The molecule has 1 aromatic rings. The van der Waals surface area contributed by atoms with Gasteiger partial charge in [0.05, 0.1) is 10.8 Å². The van der Waals surface area contributed by atoms with Gasteiger partial charge in [-0.3, -0.25) is 9.59 Å². The highest BCUT2D eigenvalue weighted by Gasteiger charge is 2.34. The van der Waals surface area contributed by atoms with Crippen molar-refractivity contribution in [3.8, 4) is 0 Å². The average molecular weight is 436 g/mol. The molecule has 0 bridgehead atoms. The van der Waals surface area contributed by atoms with E-state index in [1.54, 1.807) is 33.5 Å². The molecule has 1 aromatic carbocycles. The van der Waals surface area contributed by atoms with Crippen LogP contribution in [0.3, 0.4) is 0 Å². The monoisotopic (exact) mass is 435 g/mol. The van der Waals surface area contributed by atoms with Crippen molar-refractivity contribution in [3.63, 3.8) is 0 Å². The topological polar surface area (TPSA) is 86.8 Å². The van der Waals surface area contributed by atoms with Crippen LogP contribution < -0.4 is 5.32 Å². The van der Waals surface area contributed by atoms with Crippen LogP contribution in [-0.4, -0.2) is 55.1 Å². The number of likely N-dealkylation sites (tertiary alicyclic amines) is 1. The molecule has 8 heteroatoms. The van der Waals surface area contributed by atoms with Gasteiger partial charge in [-0.25, -0.2) is 8.42 Å². The molecule has 2 saturated heterocycles. The fraction of sp³-hybridized carbons (Fsp3) is 0.636. The molecule has 0 spiro atoms. The number of piperidine rings is 1. The molecule has 2 fully saturated rings. The molecule has 7 nitrogen and oxygen atoms in total. The van der Waals surface area contributed by atoms with E-state index in [0.717, 1.165) is 38.5 Å². The maximum atomic E-state index is 13.1. The number of carbonyl (C=O) groups is 2. The second-order valence-electron chi connectivity index (χ2n) is 8.28. The Morgan fingerprint density at radius 1 is 1.17 bits per heavy atom. The number of nitrogens with one attached hydrogen (secondary N) is 1. The lowest BCUT2D eigenvalue weighted by atomic mass is 10.0. The van der Waals surface area contributed by atoms with Crippen LogP contribution in [0.1, 0.15) is 58.8 Å². The fourth-order valence-electron chi connectivity index (χ4n) is 4.30. The third kappa shape index (κ3) is 5.03. The zero-order valence-electron chi connectivity index (χ0n) is 18.0. The summed E-state index contributed by atoms with van der Waals surface area (Å²) in [5.74, 6) is -0.534. The van der Waals surface area contributed by atoms with Crippen LogP contribution >= 0.6 is 0 Å². The molecule has 2 atom stereocenters. The Labute approximate surface area is 179 Å². The number of hydrogen-bond acceptors (Lipinski definition) is 4. The number of sulfonamides is 1. The molecule has 0 radical (unpaired) electrons. The number of amides is 2. The second-order valence-corrected chi connectivity index (χ2v) is 10.2. The van der Waals surface area contributed by atoms with Gasteiger partial charge >= 0.3 is 0 Å². The van der Waals surface area contributed by atoms with Crippen LogP contribution in [0.15, 0.2) is 29.2 Å². The Kier molecular flexibility index (Phi) is 7.52. The van der Waals surface area contributed by atoms with E-state index in [0.29, 0.717) is 25.3 Å². The van der Waals surface area contributed by atoms with Gasteiger partial charge in [0, 0.05) is 37.8 Å². The van der Waals surface area contributed by atoms with Crippen LogP contribution in [0.25, 0.3) is 0 Å². The molecule has 2 aliphatic heterocycles. The summed E-state index contributed by atoms with van der Waals surface area (Å²) >= 11 is 0. The summed E-state index contributed by atoms with van der Waals surface area (Å²) in [5, 5.41) is 2.83. The van der Waals surface area contributed by atoms with Gasteiger partial charge in [-0.2, -0.15) is 4.31 Å².